The summed E-state index contributed by atoms with van der Waals surface area (Å²) in [5.74, 6) is -50.0. The van der Waals surface area contributed by atoms with Crippen molar-refractivity contribution in [1.82, 2.24) is 9.80 Å². The molecule has 2 fully saturated rings. The first-order valence-corrected chi connectivity index (χ1v) is 22.9. The van der Waals surface area contributed by atoms with Crippen LogP contribution >= 0.6 is 0 Å². The minimum absolute atomic E-state index is 0.0745. The maximum absolute atomic E-state index is 13.3. The van der Waals surface area contributed by atoms with Crippen molar-refractivity contribution in [2.45, 2.75) is 85.0 Å². The fourth-order valence-electron chi connectivity index (χ4n) is 10.7. The van der Waals surface area contributed by atoms with Gasteiger partial charge in [0.2, 0.25) is 51.8 Å². The lowest BCUT2D eigenvalue weighted by Crippen LogP contribution is -2.93. The number of nitrogens with zero attached hydrogens (tertiary/aromatic N) is 2. The van der Waals surface area contributed by atoms with E-state index in [-0.39, 0.29) is 49.2 Å². The van der Waals surface area contributed by atoms with Crippen molar-refractivity contribution in [2.75, 3.05) is 33.9 Å². The van der Waals surface area contributed by atoms with E-state index in [4.69, 9.17) is 9.47 Å². The van der Waals surface area contributed by atoms with Crippen molar-refractivity contribution < 1.29 is 152 Å². The molecule has 5 aliphatic rings. The highest BCUT2D eigenvalue weighted by Crippen LogP contribution is 2.62. The van der Waals surface area contributed by atoms with Gasteiger partial charge in [-0.1, -0.05) is 23.8 Å². The Morgan fingerprint density at radius 1 is 0.564 bits per heavy atom. The van der Waals surface area contributed by atoms with Gasteiger partial charge >= 0.3 is 0 Å². The molecular weight excluding hydrogens is 1060 g/mol. The number of aromatic hydroxyl groups is 11. The molecule has 2 aliphatic heterocycles. The number of hydrogen-bond donors (Lipinski definition) is 26. The lowest BCUT2D eigenvalue weighted by molar-refractivity contribution is -0.595. The van der Waals surface area contributed by atoms with Crippen LogP contribution < -0.4 is 9.47 Å². The number of phenols is 11. The molecule has 2 saturated heterocycles. The summed E-state index contributed by atoms with van der Waals surface area (Å²) in [7, 11) is 1.97. The largest absolute Gasteiger partial charge is 0.504 e. The smallest absolute Gasteiger partial charge is 0.289 e. The standard InChI is InChI=1S/C24H31NO16.C22H25NO14/c1-40-17-15(27)12-13(16(28)18(17)41-2)20(30,31)11(14(12)26)8-19(29)21(32,33)23(36,37)25(24(38,39)22(19,34)35)9-10-6-4-3-5-7-10;24-11-7(21(34,35)9-8(11)12(25)16(29)17(30)13(9)26)5-6-1-3-23(4-2-6)22(36,37)10-14(27)18(31)20(33)19(32)15(10)28/h3-4,6,11,27-39H,5,7-9H2,1-2H3;6-7,25-37H,1-5H2. The van der Waals surface area contributed by atoms with Crippen molar-refractivity contribution in [3.8, 4) is 74.7 Å². The first-order valence-electron chi connectivity index (χ1n) is 22.9. The summed E-state index contributed by atoms with van der Waals surface area (Å²) >= 11 is 0. The summed E-state index contributed by atoms with van der Waals surface area (Å²) in [6.45, 7) is -1.31. The van der Waals surface area contributed by atoms with E-state index in [1.807, 2.05) is 0 Å². The molecule has 2 heterocycles. The van der Waals surface area contributed by atoms with Crippen LogP contribution in [0.5, 0.6) is 74.7 Å². The van der Waals surface area contributed by atoms with Crippen LogP contribution in [0.25, 0.3) is 0 Å². The van der Waals surface area contributed by atoms with E-state index in [9.17, 15) is 142 Å². The molecular formula is C46H56N2O30. The summed E-state index contributed by atoms with van der Waals surface area (Å²) in [5.41, 5.74) is -9.10. The van der Waals surface area contributed by atoms with E-state index in [2.05, 4.69) is 0 Å². The van der Waals surface area contributed by atoms with Crippen LogP contribution in [0.1, 0.15) is 75.9 Å². The van der Waals surface area contributed by atoms with E-state index >= 15 is 0 Å². The van der Waals surface area contributed by atoms with E-state index < -0.39 is 191 Å². The number of likely N-dealkylation sites (tertiary alicyclic amines) is 2. The van der Waals surface area contributed by atoms with Gasteiger partial charge in [-0.2, -0.15) is 4.90 Å². The van der Waals surface area contributed by atoms with Crippen molar-refractivity contribution in [3.63, 3.8) is 0 Å². The number of ether oxygens (including phenoxy) is 2. The SMILES string of the molecule is COc1c(O)c2c(c(O)c1OC)C(O)(O)C(CC1(O)C(O)(O)C(O)(O)N(CC3=CC=CCC3)C(O)(O)C1(O)O)C2=O.O=C1c2c(O)c(O)c(O)c(O)c2C(O)(O)C1CC1CCN(C(O)(O)c2c(O)c(O)c(O)c(O)c2O)CC1. The van der Waals surface area contributed by atoms with Crippen molar-refractivity contribution in [2.24, 2.45) is 17.8 Å². The van der Waals surface area contributed by atoms with Crippen LogP contribution in [-0.2, 0) is 17.5 Å². The van der Waals surface area contributed by atoms with Gasteiger partial charge in [-0.3, -0.25) is 9.59 Å². The number of carbonyl (C=O) groups is 2. The highest BCUT2D eigenvalue weighted by molar-refractivity contribution is 6.08. The minimum atomic E-state index is -4.60. The van der Waals surface area contributed by atoms with Crippen LogP contribution in [0.15, 0.2) is 23.8 Å². The Balaban J connectivity index is 0.000000227. The van der Waals surface area contributed by atoms with Crippen LogP contribution in [0.3, 0.4) is 0 Å². The van der Waals surface area contributed by atoms with Crippen LogP contribution in [0.4, 0.5) is 0 Å². The average Bonchev–Trinajstić information content (AvgIpc) is 3.45. The number of benzene rings is 3. The number of Topliss-reactive ketones (excluding diaryl/α,β-unsaturated/α-hetero) is 2. The molecule has 2 unspecified atom stereocenters. The normalized spacial score (nSPS) is 23.7. The molecule has 0 spiro atoms. The highest BCUT2D eigenvalue weighted by atomic mass is 16.7. The molecule has 0 saturated carbocycles. The zero-order chi connectivity index (χ0) is 58.9. The number of fused-ring (bicyclic) bond motifs is 2. The van der Waals surface area contributed by atoms with Gasteiger partial charge in [0.05, 0.1) is 48.3 Å². The number of methoxy groups -OCH3 is 2. The van der Waals surface area contributed by atoms with Crippen LogP contribution in [-0.4, -0.2) is 217 Å². The minimum Gasteiger partial charge on any atom is -0.504 e. The molecule has 78 heavy (non-hydrogen) atoms. The van der Waals surface area contributed by atoms with E-state index in [0.29, 0.717) is 6.42 Å². The first-order chi connectivity index (χ1) is 35.7. The second kappa shape index (κ2) is 18.9. The lowest BCUT2D eigenvalue weighted by atomic mass is 9.68. The predicted molar refractivity (Wildman–Crippen MR) is 245 cm³/mol. The molecule has 0 aromatic heterocycles. The number of aliphatic hydroxyl groups is 15. The topological polar surface area (TPSA) is 585 Å². The molecule has 32 nitrogen and oxygen atoms in total. The third-order valence-electron chi connectivity index (χ3n) is 15.1. The van der Waals surface area contributed by atoms with Crippen molar-refractivity contribution in [3.05, 3.63) is 51.6 Å². The number of allylic oxidation sites excluding steroid dienone is 3. The fourth-order valence-corrected chi connectivity index (χ4v) is 10.7. The van der Waals surface area contributed by atoms with Gasteiger partial charge in [0.25, 0.3) is 29.3 Å². The quantitative estimate of drug-likeness (QED) is 0.0511. The Kier molecular flexibility index (Phi) is 14.3. The van der Waals surface area contributed by atoms with Crippen LogP contribution in [0, 0.1) is 17.8 Å². The molecule has 0 amide bonds. The summed E-state index contributed by atoms with van der Waals surface area (Å²) in [4.78, 5) is 26.8. The van der Waals surface area contributed by atoms with Gasteiger partial charge in [0, 0.05) is 26.1 Å². The van der Waals surface area contributed by atoms with Crippen molar-refractivity contribution >= 4 is 11.6 Å². The summed E-state index contributed by atoms with van der Waals surface area (Å²) < 4.78 is 9.76. The zero-order valence-electron chi connectivity index (χ0n) is 40.5. The monoisotopic (exact) mass is 1120 g/mol. The lowest BCUT2D eigenvalue weighted by Gasteiger charge is -2.63. The molecule has 0 radical (unpaired) electrons. The average molecular weight is 1120 g/mol. The second-order valence-corrected chi connectivity index (χ2v) is 19.4. The van der Waals surface area contributed by atoms with Gasteiger partial charge in [-0.05, 0) is 38.0 Å². The molecule has 3 aromatic rings. The summed E-state index contributed by atoms with van der Waals surface area (Å²) in [6, 6.07) is 0. The second-order valence-electron chi connectivity index (χ2n) is 19.4. The Morgan fingerprint density at radius 3 is 1.47 bits per heavy atom. The number of rotatable bonds is 10. The van der Waals surface area contributed by atoms with Crippen LogP contribution in [0.2, 0.25) is 0 Å². The van der Waals surface area contributed by atoms with Crippen molar-refractivity contribution in [1.29, 1.82) is 0 Å². The number of ketones is 2. The number of hydrogen-bond acceptors (Lipinski definition) is 32. The first kappa shape index (κ1) is 58.9. The Bertz CT molecular complexity index is 2970. The molecule has 430 valence electrons. The third-order valence-corrected chi connectivity index (χ3v) is 15.1. The Hall–Kier alpha value is -6.80. The van der Waals surface area contributed by atoms with Gasteiger partial charge in [0.1, 0.15) is 5.56 Å². The maximum Gasteiger partial charge on any atom is 0.289 e. The fraction of sp³-hybridized carbons (Fsp3) is 0.478. The molecule has 3 aliphatic carbocycles. The molecule has 32 heteroatoms. The van der Waals surface area contributed by atoms with E-state index in [1.165, 1.54) is 12.2 Å². The molecule has 0 bridgehead atoms. The Morgan fingerprint density at radius 2 is 0.987 bits per heavy atom. The van der Waals surface area contributed by atoms with E-state index in [1.54, 1.807) is 6.08 Å². The van der Waals surface area contributed by atoms with Gasteiger partial charge < -0.3 is 142 Å². The predicted octanol–water partition coefficient (Wildman–Crippen LogP) is -5.70. The molecule has 3 aromatic carbocycles. The zero-order valence-corrected chi connectivity index (χ0v) is 40.5. The molecule has 8 rings (SSSR count). The summed E-state index contributed by atoms with van der Waals surface area (Å²) in [5, 5.41) is 272. The number of phenolic OH excluding ortho intramolecular Hbond substituents is 11. The molecule has 26 N–H and O–H groups in total. The maximum atomic E-state index is 13.3. The van der Waals surface area contributed by atoms with E-state index in [0.717, 1.165) is 19.1 Å². The number of piperidine rings is 2. The Labute approximate surface area is 435 Å². The molecule has 2 atom stereocenters. The van der Waals surface area contributed by atoms with Gasteiger partial charge in [0.15, 0.2) is 51.7 Å². The van der Waals surface area contributed by atoms with Gasteiger partial charge in [-0.25, -0.2) is 4.90 Å². The number of carbonyl (C=O) groups excluding carboxylic acids is 2. The van der Waals surface area contributed by atoms with Gasteiger partial charge in [-0.15, -0.1) is 0 Å². The third kappa shape index (κ3) is 8.03. The summed E-state index contributed by atoms with van der Waals surface area (Å²) in [6.07, 6.45) is 3.09. The highest BCUT2D eigenvalue weighted by Gasteiger charge is 2.85.